The second kappa shape index (κ2) is 9.66. The minimum absolute atomic E-state index is 0.00512. The van der Waals surface area contributed by atoms with E-state index < -0.39 is 10.0 Å². The molecule has 2 N–H and O–H groups in total. The van der Waals surface area contributed by atoms with E-state index in [0.29, 0.717) is 24.2 Å². The lowest BCUT2D eigenvalue weighted by atomic mass is 10.2. The predicted octanol–water partition coefficient (Wildman–Crippen LogP) is 2.76. The van der Waals surface area contributed by atoms with Gasteiger partial charge in [0.25, 0.3) is 5.91 Å². The predicted molar refractivity (Wildman–Crippen MR) is 108 cm³/mol. The van der Waals surface area contributed by atoms with Crippen LogP contribution in [0.2, 0.25) is 0 Å². The fourth-order valence-electron chi connectivity index (χ4n) is 3.65. The van der Waals surface area contributed by atoms with Crippen LogP contribution < -0.4 is 10.0 Å². The molecule has 1 saturated carbocycles. The Labute approximate surface area is 163 Å². The number of nitrogens with one attached hydrogen (secondary N) is 2. The zero-order valence-electron chi connectivity index (χ0n) is 16.9. The summed E-state index contributed by atoms with van der Waals surface area (Å²) in [6.07, 6.45) is 3.86. The highest BCUT2D eigenvalue weighted by molar-refractivity contribution is 7.89. The number of carbonyl (C=O) groups is 1. The third-order valence-corrected chi connectivity index (χ3v) is 6.58. The summed E-state index contributed by atoms with van der Waals surface area (Å²) in [6.45, 7) is 9.80. The number of nitrogens with zero attached hydrogens (tertiary/aromatic N) is 1. The van der Waals surface area contributed by atoms with Crippen molar-refractivity contribution in [2.24, 2.45) is 0 Å². The molecule has 0 spiro atoms. The van der Waals surface area contributed by atoms with Crippen molar-refractivity contribution in [2.45, 2.75) is 76.4 Å². The van der Waals surface area contributed by atoms with Crippen LogP contribution in [0.3, 0.4) is 0 Å². The molecule has 1 aromatic carbocycles. The minimum atomic E-state index is -3.59. The van der Waals surface area contributed by atoms with E-state index in [0.717, 1.165) is 32.2 Å². The SMILES string of the molecule is CC(C)N(CCNC(=O)c1cccc(S(=O)(=O)NC2CCCC2)c1)C(C)C. The van der Waals surface area contributed by atoms with E-state index in [4.69, 9.17) is 0 Å². The van der Waals surface area contributed by atoms with E-state index in [-0.39, 0.29) is 16.8 Å². The van der Waals surface area contributed by atoms with Gasteiger partial charge in [0.2, 0.25) is 10.0 Å². The second-order valence-corrected chi connectivity index (χ2v) is 9.53. The second-order valence-electron chi connectivity index (χ2n) is 7.81. The van der Waals surface area contributed by atoms with Crippen LogP contribution in [0.15, 0.2) is 29.2 Å². The number of hydrogen-bond donors (Lipinski definition) is 2. The Bertz CT molecular complexity index is 718. The zero-order valence-corrected chi connectivity index (χ0v) is 17.7. The number of benzene rings is 1. The van der Waals surface area contributed by atoms with Crippen molar-refractivity contribution < 1.29 is 13.2 Å². The highest BCUT2D eigenvalue weighted by Gasteiger charge is 2.23. The smallest absolute Gasteiger partial charge is 0.251 e. The van der Waals surface area contributed by atoms with Gasteiger partial charge in [0.15, 0.2) is 0 Å². The van der Waals surface area contributed by atoms with Gasteiger partial charge in [-0.05, 0) is 58.7 Å². The lowest BCUT2D eigenvalue weighted by Gasteiger charge is -2.30. The molecular weight excluding hydrogens is 362 g/mol. The molecule has 152 valence electrons. The number of carbonyl (C=O) groups excluding carboxylic acids is 1. The van der Waals surface area contributed by atoms with Gasteiger partial charge in [-0.15, -0.1) is 0 Å². The molecule has 27 heavy (non-hydrogen) atoms. The molecule has 0 heterocycles. The lowest BCUT2D eigenvalue weighted by Crippen LogP contribution is -2.42. The van der Waals surface area contributed by atoms with Gasteiger partial charge in [-0.3, -0.25) is 9.69 Å². The van der Waals surface area contributed by atoms with E-state index in [1.807, 2.05) is 0 Å². The van der Waals surface area contributed by atoms with E-state index >= 15 is 0 Å². The molecule has 0 aromatic heterocycles. The van der Waals surface area contributed by atoms with Crippen LogP contribution in [0.4, 0.5) is 0 Å². The molecule has 7 heteroatoms. The molecule has 0 atom stereocenters. The molecule has 1 aliphatic rings. The van der Waals surface area contributed by atoms with Crippen molar-refractivity contribution in [2.75, 3.05) is 13.1 Å². The highest BCUT2D eigenvalue weighted by Crippen LogP contribution is 2.20. The largest absolute Gasteiger partial charge is 0.351 e. The quantitative estimate of drug-likeness (QED) is 0.674. The summed E-state index contributed by atoms with van der Waals surface area (Å²) < 4.78 is 27.9. The van der Waals surface area contributed by atoms with Gasteiger partial charge in [0.05, 0.1) is 4.90 Å². The van der Waals surface area contributed by atoms with E-state index in [1.165, 1.54) is 12.1 Å². The summed E-state index contributed by atoms with van der Waals surface area (Å²) in [4.78, 5) is 14.9. The van der Waals surface area contributed by atoms with Crippen LogP contribution in [0.1, 0.15) is 63.7 Å². The minimum Gasteiger partial charge on any atom is -0.351 e. The Morgan fingerprint density at radius 2 is 1.78 bits per heavy atom. The van der Waals surface area contributed by atoms with Crippen molar-refractivity contribution in [3.8, 4) is 0 Å². The van der Waals surface area contributed by atoms with Gasteiger partial charge in [0.1, 0.15) is 0 Å². The summed E-state index contributed by atoms with van der Waals surface area (Å²) in [7, 11) is -3.59. The molecule has 6 nitrogen and oxygen atoms in total. The summed E-state index contributed by atoms with van der Waals surface area (Å²) in [5.41, 5.74) is 0.366. The van der Waals surface area contributed by atoms with Gasteiger partial charge < -0.3 is 5.32 Å². The molecule has 1 aromatic rings. The van der Waals surface area contributed by atoms with E-state index in [2.05, 4.69) is 42.6 Å². The summed E-state index contributed by atoms with van der Waals surface area (Å²) in [6, 6.07) is 7.06. The molecule has 1 fully saturated rings. The summed E-state index contributed by atoms with van der Waals surface area (Å²) >= 11 is 0. The van der Waals surface area contributed by atoms with Crippen LogP contribution in [0.25, 0.3) is 0 Å². The highest BCUT2D eigenvalue weighted by atomic mass is 32.2. The number of amides is 1. The van der Waals surface area contributed by atoms with Crippen LogP contribution in [-0.4, -0.2) is 50.4 Å². The molecule has 0 unspecified atom stereocenters. The normalized spacial score (nSPS) is 15.8. The van der Waals surface area contributed by atoms with Crippen LogP contribution >= 0.6 is 0 Å². The first-order chi connectivity index (χ1) is 12.7. The van der Waals surface area contributed by atoms with Gasteiger partial charge in [-0.2, -0.15) is 0 Å². The van der Waals surface area contributed by atoms with Crippen molar-refractivity contribution >= 4 is 15.9 Å². The maximum atomic E-state index is 12.6. The maximum Gasteiger partial charge on any atom is 0.251 e. The average molecular weight is 396 g/mol. The Kier molecular flexibility index (Phi) is 7.82. The van der Waals surface area contributed by atoms with Crippen molar-refractivity contribution in [1.82, 2.24) is 14.9 Å². The fourth-order valence-corrected chi connectivity index (χ4v) is 5.00. The van der Waals surface area contributed by atoms with Gasteiger partial charge in [-0.25, -0.2) is 13.1 Å². The van der Waals surface area contributed by atoms with E-state index in [1.54, 1.807) is 12.1 Å². The Morgan fingerprint density at radius 3 is 2.37 bits per heavy atom. The molecule has 1 aliphatic carbocycles. The molecule has 0 radical (unpaired) electrons. The molecule has 1 amide bonds. The third-order valence-electron chi connectivity index (χ3n) is 5.07. The van der Waals surface area contributed by atoms with Crippen LogP contribution in [-0.2, 0) is 10.0 Å². The fraction of sp³-hybridized carbons (Fsp3) is 0.650. The van der Waals surface area contributed by atoms with Gasteiger partial charge >= 0.3 is 0 Å². The average Bonchev–Trinajstić information content (AvgIpc) is 3.10. The molecular formula is C20H33N3O3S. The van der Waals surface area contributed by atoms with Crippen molar-refractivity contribution in [3.63, 3.8) is 0 Å². The maximum absolute atomic E-state index is 12.6. The van der Waals surface area contributed by atoms with Gasteiger partial charge in [-0.1, -0.05) is 18.9 Å². The lowest BCUT2D eigenvalue weighted by molar-refractivity contribution is 0.0939. The Balaban J connectivity index is 1.98. The Hall–Kier alpha value is -1.44. The van der Waals surface area contributed by atoms with Crippen LogP contribution in [0.5, 0.6) is 0 Å². The monoisotopic (exact) mass is 395 g/mol. The third kappa shape index (κ3) is 6.30. The topological polar surface area (TPSA) is 78.5 Å². The number of hydrogen-bond acceptors (Lipinski definition) is 4. The molecule has 0 aliphatic heterocycles. The van der Waals surface area contributed by atoms with Crippen molar-refractivity contribution in [1.29, 1.82) is 0 Å². The zero-order chi connectivity index (χ0) is 20.0. The first-order valence-electron chi connectivity index (χ1n) is 9.87. The van der Waals surface area contributed by atoms with E-state index in [9.17, 15) is 13.2 Å². The van der Waals surface area contributed by atoms with Gasteiger partial charge in [0, 0.05) is 36.8 Å². The molecule has 0 bridgehead atoms. The molecule has 2 rings (SSSR count). The first-order valence-corrected chi connectivity index (χ1v) is 11.4. The summed E-state index contributed by atoms with van der Waals surface area (Å²) in [5.74, 6) is -0.250. The Morgan fingerprint density at radius 1 is 1.15 bits per heavy atom. The first kappa shape index (κ1) is 21.9. The number of rotatable bonds is 9. The summed E-state index contributed by atoms with van der Waals surface area (Å²) in [5, 5.41) is 2.90. The van der Waals surface area contributed by atoms with Crippen molar-refractivity contribution in [3.05, 3.63) is 29.8 Å². The number of sulfonamides is 1. The van der Waals surface area contributed by atoms with Crippen LogP contribution in [0, 0.1) is 0 Å². The molecule has 0 saturated heterocycles. The standard InChI is InChI=1S/C20H33N3O3S/c1-15(2)23(16(3)4)13-12-21-20(24)17-8-7-11-19(14-17)27(25,26)22-18-9-5-6-10-18/h7-8,11,14-16,18,22H,5-6,9-10,12-13H2,1-4H3,(H,21,24).